The number of rotatable bonds is 8. The number of aliphatic hydroxyl groups excluding tert-OH is 1. The zero-order valence-electron chi connectivity index (χ0n) is 29.2. The lowest BCUT2D eigenvalue weighted by molar-refractivity contribution is 0.163. The van der Waals surface area contributed by atoms with Gasteiger partial charge in [-0.15, -0.1) is 0 Å². The fraction of sp³-hybridized carbons (Fsp3) is 0.200. The van der Waals surface area contributed by atoms with Gasteiger partial charge in [0.05, 0.1) is 13.7 Å². The zero-order valence-corrected chi connectivity index (χ0v) is 29.2. The van der Waals surface area contributed by atoms with Gasteiger partial charge in [-0.25, -0.2) is 0 Å². The van der Waals surface area contributed by atoms with Crippen molar-refractivity contribution >= 4 is 22.5 Å². The van der Waals surface area contributed by atoms with E-state index in [1.54, 1.807) is 7.11 Å². The summed E-state index contributed by atoms with van der Waals surface area (Å²) in [6, 6.07) is 40.5. The molecule has 6 aromatic rings. The van der Waals surface area contributed by atoms with E-state index in [-0.39, 0.29) is 18.6 Å². The van der Waals surface area contributed by atoms with Crippen LogP contribution in [0.4, 0.5) is 5.69 Å². The van der Waals surface area contributed by atoms with Crippen molar-refractivity contribution in [2.75, 3.05) is 39.3 Å². The van der Waals surface area contributed by atoms with E-state index in [0.29, 0.717) is 5.75 Å². The number of benzene rings is 6. The van der Waals surface area contributed by atoms with Crippen LogP contribution in [0.25, 0.3) is 39.1 Å². The Hall–Kier alpha value is -5.52. The largest absolute Gasteiger partial charge is 0.497 e. The average Bonchev–Trinajstić information content (AvgIpc) is 3.40. The van der Waals surface area contributed by atoms with Crippen LogP contribution in [-0.4, -0.2) is 39.5 Å². The molecule has 6 aromatic carbocycles. The normalized spacial score (nSPS) is 16.7. The highest BCUT2D eigenvalue weighted by atomic mass is 16.5. The molecule has 5 heteroatoms. The summed E-state index contributed by atoms with van der Waals surface area (Å²) in [4.78, 5) is 2.13. The minimum absolute atomic E-state index is 0.0387. The van der Waals surface area contributed by atoms with E-state index in [1.165, 1.54) is 44.5 Å². The van der Waals surface area contributed by atoms with E-state index in [0.717, 1.165) is 33.6 Å². The number of hydrogen-bond donors (Lipinski definition) is 1. The molecule has 1 heterocycles. The van der Waals surface area contributed by atoms with Crippen molar-refractivity contribution in [1.29, 1.82) is 0 Å². The second kappa shape index (κ2) is 12.1. The molecule has 1 unspecified atom stereocenters. The van der Waals surface area contributed by atoms with Crippen molar-refractivity contribution in [1.82, 2.24) is 0 Å². The topological polar surface area (TPSA) is 51.2 Å². The first-order chi connectivity index (χ1) is 24.2. The SMILES string of the molecule is COc1ccc(C2(c3ccc(OCCO)cc3)C=Cc3c4c(c5ccccc5c3O2)-c2ccc(-c3ccc(N(C)C)cc3)cc2C4(C)C)cc1. The Morgan fingerprint density at radius 3 is 2.02 bits per heavy atom. The molecule has 2 aliphatic rings. The molecular weight excluding hydrogens is 618 g/mol. The first-order valence-corrected chi connectivity index (χ1v) is 17.1. The van der Waals surface area contributed by atoms with Gasteiger partial charge in [-0.1, -0.05) is 92.7 Å². The lowest BCUT2D eigenvalue weighted by Gasteiger charge is -2.38. The Morgan fingerprint density at radius 2 is 1.38 bits per heavy atom. The molecule has 0 spiro atoms. The van der Waals surface area contributed by atoms with Gasteiger partial charge in [-0.05, 0) is 87.3 Å². The highest BCUT2D eigenvalue weighted by Crippen LogP contribution is 2.58. The van der Waals surface area contributed by atoms with E-state index in [2.05, 4.69) is 124 Å². The highest BCUT2D eigenvalue weighted by molar-refractivity contribution is 6.08. The van der Waals surface area contributed by atoms with Gasteiger partial charge < -0.3 is 24.2 Å². The molecule has 0 amide bonds. The van der Waals surface area contributed by atoms with Gasteiger partial charge in [0.25, 0.3) is 0 Å². The summed E-state index contributed by atoms with van der Waals surface area (Å²) in [5.74, 6) is 2.36. The Labute approximate surface area is 294 Å². The number of fused-ring (bicyclic) bond motifs is 8. The lowest BCUT2D eigenvalue weighted by Crippen LogP contribution is -2.35. The molecular formula is C45H41NO4. The van der Waals surface area contributed by atoms with Crippen molar-refractivity contribution in [2.45, 2.75) is 24.9 Å². The van der Waals surface area contributed by atoms with Gasteiger partial charge in [-0.2, -0.15) is 0 Å². The molecule has 0 bridgehead atoms. The summed E-state index contributed by atoms with van der Waals surface area (Å²) in [5, 5.41) is 11.5. The molecule has 1 aliphatic carbocycles. The number of nitrogens with zero attached hydrogens (tertiary/aromatic N) is 1. The van der Waals surface area contributed by atoms with Crippen LogP contribution in [0.2, 0.25) is 0 Å². The minimum atomic E-state index is -0.909. The van der Waals surface area contributed by atoms with Crippen molar-refractivity contribution in [3.8, 4) is 39.5 Å². The molecule has 1 N–H and O–H groups in total. The standard InChI is InChI=1S/C45H41NO4/c1-44(2)40-28-30(29-10-17-33(18-11-29)46(3)4)12-23-38(40)41-36-8-6-7-9-37(36)43-39(42(41)44)24-25-45(50-43,31-13-19-34(48-5)20-14-31)32-15-21-35(22-16-32)49-27-26-47/h6-25,28,47H,26-27H2,1-5H3. The number of methoxy groups -OCH3 is 1. The van der Waals surface area contributed by atoms with E-state index in [9.17, 15) is 5.11 Å². The summed E-state index contributed by atoms with van der Waals surface area (Å²) < 4.78 is 18.7. The van der Waals surface area contributed by atoms with Crippen molar-refractivity contribution in [3.63, 3.8) is 0 Å². The third-order valence-corrected chi connectivity index (χ3v) is 10.4. The van der Waals surface area contributed by atoms with Crippen molar-refractivity contribution in [2.24, 2.45) is 0 Å². The van der Waals surface area contributed by atoms with Crippen LogP contribution in [0.15, 0.2) is 121 Å². The second-order valence-electron chi connectivity index (χ2n) is 13.9. The maximum absolute atomic E-state index is 9.28. The molecule has 1 aliphatic heterocycles. The van der Waals surface area contributed by atoms with E-state index in [4.69, 9.17) is 14.2 Å². The predicted molar refractivity (Wildman–Crippen MR) is 204 cm³/mol. The monoisotopic (exact) mass is 659 g/mol. The number of hydrogen-bond acceptors (Lipinski definition) is 5. The predicted octanol–water partition coefficient (Wildman–Crippen LogP) is 9.61. The van der Waals surface area contributed by atoms with Crippen LogP contribution in [0, 0.1) is 0 Å². The first-order valence-electron chi connectivity index (χ1n) is 17.1. The van der Waals surface area contributed by atoms with E-state index in [1.807, 2.05) is 36.4 Å². The van der Waals surface area contributed by atoms with Crippen LogP contribution < -0.4 is 19.1 Å². The lowest BCUT2D eigenvalue weighted by atomic mass is 9.76. The van der Waals surface area contributed by atoms with Crippen molar-refractivity contribution in [3.05, 3.63) is 149 Å². The average molecular weight is 660 g/mol. The maximum atomic E-state index is 9.28. The minimum Gasteiger partial charge on any atom is -0.497 e. The summed E-state index contributed by atoms with van der Waals surface area (Å²) in [6.07, 6.45) is 4.48. The molecule has 1 atom stereocenters. The van der Waals surface area contributed by atoms with Gasteiger partial charge >= 0.3 is 0 Å². The van der Waals surface area contributed by atoms with Crippen LogP contribution in [-0.2, 0) is 11.0 Å². The van der Waals surface area contributed by atoms with Crippen LogP contribution >= 0.6 is 0 Å². The highest BCUT2D eigenvalue weighted by Gasteiger charge is 2.44. The fourth-order valence-corrected chi connectivity index (χ4v) is 7.84. The van der Waals surface area contributed by atoms with E-state index >= 15 is 0 Å². The molecule has 0 saturated heterocycles. The number of aliphatic hydroxyl groups is 1. The third-order valence-electron chi connectivity index (χ3n) is 10.4. The summed E-state index contributed by atoms with van der Waals surface area (Å²) in [7, 11) is 5.82. The van der Waals surface area contributed by atoms with Crippen LogP contribution in [0.5, 0.6) is 17.2 Å². The third kappa shape index (κ3) is 4.95. The Bertz CT molecular complexity index is 2250. The van der Waals surface area contributed by atoms with Gasteiger partial charge in [-0.3, -0.25) is 0 Å². The summed E-state index contributed by atoms with van der Waals surface area (Å²) in [6.45, 7) is 4.89. The Kier molecular flexibility index (Phi) is 7.69. The van der Waals surface area contributed by atoms with E-state index < -0.39 is 5.60 Å². The number of anilines is 1. The molecule has 0 saturated carbocycles. The van der Waals surface area contributed by atoms with Gasteiger partial charge in [0.15, 0.2) is 5.60 Å². The van der Waals surface area contributed by atoms with Gasteiger partial charge in [0.2, 0.25) is 0 Å². The molecule has 0 fully saturated rings. The Balaban J connectivity index is 1.30. The summed E-state index contributed by atoms with van der Waals surface area (Å²) in [5.41, 5.74) is 10.6. The zero-order chi connectivity index (χ0) is 34.6. The van der Waals surface area contributed by atoms with Crippen molar-refractivity contribution < 1.29 is 19.3 Å². The molecule has 250 valence electrons. The smallest absolute Gasteiger partial charge is 0.178 e. The molecule has 50 heavy (non-hydrogen) atoms. The molecule has 0 aromatic heterocycles. The second-order valence-corrected chi connectivity index (χ2v) is 13.9. The molecule has 5 nitrogen and oxygen atoms in total. The van der Waals surface area contributed by atoms with Crippen LogP contribution in [0.3, 0.4) is 0 Å². The quantitative estimate of drug-likeness (QED) is 0.176. The molecule has 0 radical (unpaired) electrons. The first kappa shape index (κ1) is 31.7. The fourth-order valence-electron chi connectivity index (χ4n) is 7.84. The van der Waals surface area contributed by atoms with Crippen LogP contribution in [0.1, 0.15) is 41.7 Å². The summed E-state index contributed by atoms with van der Waals surface area (Å²) >= 11 is 0. The van der Waals surface area contributed by atoms with Gasteiger partial charge in [0.1, 0.15) is 23.9 Å². The number of ether oxygens (including phenoxy) is 3. The van der Waals surface area contributed by atoms with Gasteiger partial charge in [0, 0.05) is 47.3 Å². The maximum Gasteiger partial charge on any atom is 0.178 e. The Morgan fingerprint density at radius 1 is 0.740 bits per heavy atom. The molecule has 8 rings (SSSR count).